The SMILES string of the molecule is CCCc1cccc2c1C=C(C)[CH]2[Ti+2]1([CH]2C(C)=Cc3c(CCC)cccc32)[CH2][CH2]1.[Cl-].[Cl-]. The summed E-state index contributed by atoms with van der Waals surface area (Å²) in [6, 6.07) is 14.4. The van der Waals surface area contributed by atoms with Crippen LogP contribution in [0.15, 0.2) is 47.5 Å². The van der Waals surface area contributed by atoms with Gasteiger partial charge in [0.1, 0.15) is 0 Å². The first-order valence-corrected chi connectivity index (χ1v) is 15.7. The third kappa shape index (κ3) is 3.93. The van der Waals surface area contributed by atoms with Crippen LogP contribution in [0.2, 0.25) is 9.45 Å². The van der Waals surface area contributed by atoms with E-state index in [0.29, 0.717) is 0 Å². The number of benzene rings is 2. The van der Waals surface area contributed by atoms with Crippen LogP contribution in [0.3, 0.4) is 0 Å². The Hall–Kier alpha value is -0.786. The molecule has 3 aliphatic rings. The van der Waals surface area contributed by atoms with Crippen molar-refractivity contribution in [1.82, 2.24) is 0 Å². The summed E-state index contributed by atoms with van der Waals surface area (Å²) in [4.78, 5) is 0. The molecule has 0 amide bonds. The van der Waals surface area contributed by atoms with E-state index in [-0.39, 0.29) is 24.8 Å². The fourth-order valence-electron chi connectivity index (χ4n) is 6.62. The molecule has 0 saturated carbocycles. The maximum absolute atomic E-state index is 2.57. The number of allylic oxidation sites excluding steroid dienone is 2. The van der Waals surface area contributed by atoms with Crippen molar-refractivity contribution >= 4 is 12.2 Å². The van der Waals surface area contributed by atoms with E-state index in [1.54, 1.807) is 54.0 Å². The van der Waals surface area contributed by atoms with E-state index in [9.17, 15) is 0 Å². The van der Waals surface area contributed by atoms with E-state index in [0.717, 1.165) is 8.45 Å². The predicted octanol–water partition coefficient (Wildman–Crippen LogP) is 2.22. The number of hydrogen-bond donors (Lipinski definition) is 0. The summed E-state index contributed by atoms with van der Waals surface area (Å²) in [6.07, 6.45) is 10.0. The van der Waals surface area contributed by atoms with Gasteiger partial charge in [-0.3, -0.25) is 0 Å². The monoisotopic (exact) mass is 488 g/mol. The summed E-state index contributed by atoms with van der Waals surface area (Å²) >= 11 is -2.08. The van der Waals surface area contributed by atoms with Gasteiger partial charge in [0.15, 0.2) is 0 Å². The van der Waals surface area contributed by atoms with Crippen LogP contribution in [0.25, 0.3) is 12.2 Å². The molecule has 0 spiro atoms. The molecule has 3 heteroatoms. The molecule has 2 aromatic carbocycles. The predicted molar refractivity (Wildman–Crippen MR) is 123 cm³/mol. The molecule has 5 rings (SSSR count). The standard InChI is InChI=1S/2C13H15.C2H4.2ClH.Ti/c2*1-3-5-11-6-4-7-12-8-10(2)9-13(11)12;1-2;;;/h2*4,6-9H,3,5H2,1-2H3;1-2H2;2*1H;/q;;;;;+2/p-2. The number of fused-ring (bicyclic) bond motifs is 2. The summed E-state index contributed by atoms with van der Waals surface area (Å²) in [5.41, 5.74) is 13.1. The van der Waals surface area contributed by atoms with Crippen LogP contribution in [-0.2, 0) is 29.4 Å². The average Bonchev–Trinajstić information content (AvgIpc) is 3.27. The molecule has 2 aliphatic carbocycles. The molecule has 31 heavy (non-hydrogen) atoms. The van der Waals surface area contributed by atoms with Crippen molar-refractivity contribution in [2.75, 3.05) is 0 Å². The smallest absolute Gasteiger partial charge is 1.00 e. The minimum absolute atomic E-state index is 0. The van der Waals surface area contributed by atoms with E-state index in [4.69, 9.17) is 0 Å². The van der Waals surface area contributed by atoms with Crippen molar-refractivity contribution in [2.45, 2.75) is 71.3 Å². The molecule has 1 fully saturated rings. The Morgan fingerprint density at radius 1 is 0.710 bits per heavy atom. The Bertz CT molecular complexity index is 950. The van der Waals surface area contributed by atoms with Gasteiger partial charge in [0, 0.05) is 0 Å². The van der Waals surface area contributed by atoms with Gasteiger partial charge in [-0.05, 0) is 0 Å². The summed E-state index contributed by atoms with van der Waals surface area (Å²) in [7, 11) is 0. The molecule has 2 unspecified atom stereocenters. The van der Waals surface area contributed by atoms with Crippen molar-refractivity contribution in [3.63, 3.8) is 0 Å². The van der Waals surface area contributed by atoms with Crippen LogP contribution in [-0.4, -0.2) is 0 Å². The average molecular weight is 489 g/mol. The Morgan fingerprint density at radius 3 is 1.48 bits per heavy atom. The quantitative estimate of drug-likeness (QED) is 0.547. The molecular formula is C28H34Cl2Ti. The van der Waals surface area contributed by atoms with Gasteiger partial charge in [0.25, 0.3) is 0 Å². The van der Waals surface area contributed by atoms with E-state index in [2.05, 4.69) is 76.2 Å². The zero-order chi connectivity index (χ0) is 20.2. The molecule has 2 atom stereocenters. The van der Waals surface area contributed by atoms with Gasteiger partial charge in [-0.25, -0.2) is 0 Å². The summed E-state index contributed by atoms with van der Waals surface area (Å²) in [6.45, 7) is 9.49. The van der Waals surface area contributed by atoms with E-state index in [1.165, 1.54) is 25.7 Å². The van der Waals surface area contributed by atoms with Crippen LogP contribution >= 0.6 is 0 Å². The summed E-state index contributed by atoms with van der Waals surface area (Å²) in [5, 5.41) is 0. The second-order valence-corrected chi connectivity index (χ2v) is 16.9. The maximum Gasteiger partial charge on any atom is -1.00 e. The van der Waals surface area contributed by atoms with E-state index < -0.39 is 16.6 Å². The number of hydrogen-bond acceptors (Lipinski definition) is 0. The first-order chi connectivity index (χ1) is 14.1. The Balaban J connectivity index is 0.00000136. The molecule has 164 valence electrons. The molecule has 1 heterocycles. The number of aryl methyl sites for hydroxylation is 2. The van der Waals surface area contributed by atoms with Crippen molar-refractivity contribution < 1.29 is 41.4 Å². The molecular weight excluding hydrogens is 455 g/mol. The van der Waals surface area contributed by atoms with Crippen molar-refractivity contribution in [3.8, 4) is 0 Å². The van der Waals surface area contributed by atoms with E-state index in [1.807, 2.05) is 0 Å². The molecule has 0 N–H and O–H groups in total. The van der Waals surface area contributed by atoms with Crippen molar-refractivity contribution in [1.29, 1.82) is 0 Å². The molecule has 0 nitrogen and oxygen atoms in total. The first-order valence-electron chi connectivity index (χ1n) is 11.7. The molecule has 0 bridgehead atoms. The Kier molecular flexibility index (Phi) is 7.70. The molecule has 0 radical (unpaired) electrons. The second kappa shape index (κ2) is 9.60. The molecule has 1 saturated heterocycles. The fourth-order valence-corrected chi connectivity index (χ4v) is 17.1. The number of rotatable bonds is 6. The van der Waals surface area contributed by atoms with Gasteiger partial charge in [0.05, 0.1) is 0 Å². The van der Waals surface area contributed by atoms with E-state index >= 15 is 0 Å². The zero-order valence-corrected chi connectivity index (χ0v) is 22.3. The van der Waals surface area contributed by atoms with Crippen molar-refractivity contribution in [3.05, 3.63) is 80.9 Å². The number of halogens is 2. The third-order valence-electron chi connectivity index (χ3n) is 7.75. The first kappa shape index (κ1) is 24.8. The fraction of sp³-hybridized carbons (Fsp3) is 0.429. The van der Waals surface area contributed by atoms with Crippen LogP contribution in [0.4, 0.5) is 0 Å². The zero-order valence-electron chi connectivity index (χ0n) is 19.3. The van der Waals surface area contributed by atoms with Crippen LogP contribution in [0.5, 0.6) is 0 Å². The normalized spacial score (nSPS) is 20.9. The van der Waals surface area contributed by atoms with Gasteiger partial charge in [-0.1, -0.05) is 0 Å². The Labute approximate surface area is 204 Å². The summed E-state index contributed by atoms with van der Waals surface area (Å²) < 4.78 is 4.63. The maximum atomic E-state index is 2.57. The van der Waals surface area contributed by atoms with Crippen LogP contribution < -0.4 is 24.8 Å². The largest absolute Gasteiger partial charge is 1.00 e. The minimum Gasteiger partial charge on any atom is -1.00 e. The van der Waals surface area contributed by atoms with Gasteiger partial charge >= 0.3 is 181 Å². The van der Waals surface area contributed by atoms with Gasteiger partial charge in [0.2, 0.25) is 0 Å². The Morgan fingerprint density at radius 2 is 1.13 bits per heavy atom. The molecule has 2 aromatic rings. The van der Waals surface area contributed by atoms with Gasteiger partial charge in [-0.2, -0.15) is 0 Å². The third-order valence-corrected chi connectivity index (χ3v) is 16.3. The van der Waals surface area contributed by atoms with Gasteiger partial charge < -0.3 is 24.8 Å². The van der Waals surface area contributed by atoms with Crippen molar-refractivity contribution in [2.24, 2.45) is 0 Å². The van der Waals surface area contributed by atoms with Gasteiger partial charge in [-0.15, -0.1) is 0 Å². The molecule has 0 aromatic heterocycles. The van der Waals surface area contributed by atoms with Crippen LogP contribution in [0, 0.1) is 0 Å². The molecule has 1 aliphatic heterocycles. The summed E-state index contributed by atoms with van der Waals surface area (Å²) in [5.74, 6) is 0. The topological polar surface area (TPSA) is 0 Å². The minimum atomic E-state index is -2.08. The second-order valence-electron chi connectivity index (χ2n) is 9.72. The van der Waals surface area contributed by atoms with Crippen LogP contribution in [0.1, 0.15) is 82.4 Å².